The summed E-state index contributed by atoms with van der Waals surface area (Å²) in [6.45, 7) is 7.57. The normalized spacial score (nSPS) is 15.0. The number of Topliss-reactive ketones (excluding diaryl/α,β-unsaturated/α-hetero) is 1. The van der Waals surface area contributed by atoms with Gasteiger partial charge >= 0.3 is 24.1 Å². The number of imide groups is 1. The number of esters is 2. The monoisotopic (exact) mass is 1050 g/mol. The third kappa shape index (κ3) is 18.6. The fourth-order valence-corrected chi connectivity index (χ4v) is 7.70. The van der Waals surface area contributed by atoms with Crippen molar-refractivity contribution in [3.05, 3.63) is 82.2 Å². The average Bonchev–Trinajstić information content (AvgIpc) is 3.68. The van der Waals surface area contributed by atoms with E-state index in [1.54, 1.807) is 52.0 Å². The zero-order chi connectivity index (χ0) is 54.2. The molecule has 2 aromatic rings. The third-order valence-corrected chi connectivity index (χ3v) is 11.4. The van der Waals surface area contributed by atoms with Gasteiger partial charge < -0.3 is 54.8 Å². The van der Waals surface area contributed by atoms with E-state index in [2.05, 4.69) is 21.3 Å². The number of alkyl carbamates (subject to hydrolysis) is 1. The number of hydrogen-bond donors (Lipinski definition) is 5. The fourth-order valence-electron chi connectivity index (χ4n) is 7.52. The molecule has 4 atom stereocenters. The van der Waals surface area contributed by atoms with E-state index in [-0.39, 0.29) is 137 Å². The van der Waals surface area contributed by atoms with Crippen molar-refractivity contribution in [2.45, 2.75) is 71.9 Å². The Morgan fingerprint density at radius 2 is 1.50 bits per heavy atom. The highest BCUT2D eigenvalue weighted by molar-refractivity contribution is 6.30. The van der Waals surface area contributed by atoms with Crippen LogP contribution in [0.25, 0.3) is 0 Å². The molecule has 0 saturated heterocycles. The maximum Gasteiger partial charge on any atom is 0.414 e. The first-order valence-corrected chi connectivity index (χ1v) is 24.3. The Hall–Kier alpha value is -7.39. The van der Waals surface area contributed by atoms with E-state index >= 15 is 0 Å². The summed E-state index contributed by atoms with van der Waals surface area (Å²) in [6.07, 6.45) is 1.52. The minimum absolute atomic E-state index is 0.0481. The lowest BCUT2D eigenvalue weighted by atomic mass is 9.79. The number of fused-ring (bicyclic) bond motifs is 1. The fraction of sp³-hybridized carbons (Fsp3) is 0.480. The molecule has 2 aliphatic heterocycles. The number of ether oxygens (including phenoxy) is 7. The Balaban J connectivity index is 1.30. The largest absolute Gasteiger partial charge is 0.465 e. The zero-order valence-corrected chi connectivity index (χ0v) is 42.3. The van der Waals surface area contributed by atoms with Crippen LogP contribution in [0.1, 0.15) is 70.4 Å². The van der Waals surface area contributed by atoms with Gasteiger partial charge in [-0.1, -0.05) is 37.6 Å². The number of carbonyl (C=O) groups is 9. The van der Waals surface area contributed by atoms with Crippen LogP contribution in [-0.2, 0) is 68.6 Å². The van der Waals surface area contributed by atoms with Crippen molar-refractivity contribution in [1.29, 1.82) is 5.26 Å². The number of benzene rings is 2. The Labute approximate surface area is 432 Å². The van der Waals surface area contributed by atoms with Crippen LogP contribution in [0.15, 0.2) is 66.1 Å². The SMILES string of the molecule is CCOC(=O)C1=C(NC(=O)OCc2ccc(NC(=O)[C@H](CCCNC(N)=O)CC(=O)[C@@H](NC(=O)CCOCCOCCOCCN3C(=O)C=CC3=O)C(C)C)cc2)Oc2ccc(Cl)cc2C1C(C#N)C(=O)OCC. The highest BCUT2D eigenvalue weighted by atomic mass is 35.5. The highest BCUT2D eigenvalue weighted by Crippen LogP contribution is 2.45. The van der Waals surface area contributed by atoms with Gasteiger partial charge in [-0.15, -0.1) is 0 Å². The van der Waals surface area contributed by atoms with Crippen LogP contribution in [-0.4, -0.2) is 130 Å². The maximum atomic E-state index is 13.7. The summed E-state index contributed by atoms with van der Waals surface area (Å²) in [4.78, 5) is 116. The van der Waals surface area contributed by atoms with Crippen LogP contribution >= 0.6 is 11.6 Å². The number of nitriles is 1. The molecule has 4 rings (SSSR count). The molecule has 7 amide bonds. The molecule has 74 heavy (non-hydrogen) atoms. The van der Waals surface area contributed by atoms with Crippen molar-refractivity contribution in [3.63, 3.8) is 0 Å². The lowest BCUT2D eigenvalue weighted by Gasteiger charge is -2.31. The first kappa shape index (κ1) is 59.2. The quantitative estimate of drug-likeness (QED) is 0.0311. The molecule has 23 nitrogen and oxygen atoms in total. The van der Waals surface area contributed by atoms with Crippen molar-refractivity contribution >= 4 is 70.8 Å². The van der Waals surface area contributed by atoms with E-state index in [1.165, 1.54) is 30.4 Å². The predicted molar refractivity (Wildman–Crippen MR) is 262 cm³/mol. The van der Waals surface area contributed by atoms with E-state index < -0.39 is 65.6 Å². The van der Waals surface area contributed by atoms with Gasteiger partial charge in [-0.2, -0.15) is 5.26 Å². The van der Waals surface area contributed by atoms with Gasteiger partial charge in [-0.25, -0.2) is 14.4 Å². The van der Waals surface area contributed by atoms with Crippen LogP contribution < -0.4 is 31.7 Å². The lowest BCUT2D eigenvalue weighted by Crippen LogP contribution is -2.45. The molecule has 24 heteroatoms. The number of amides is 7. The molecule has 0 spiro atoms. The number of primary amides is 1. The molecule has 0 fully saturated rings. The number of rotatable bonds is 31. The van der Waals surface area contributed by atoms with Gasteiger partial charge in [0, 0.05) is 53.7 Å². The summed E-state index contributed by atoms with van der Waals surface area (Å²) in [6, 6.07) is 10.8. The molecule has 6 N–H and O–H groups in total. The van der Waals surface area contributed by atoms with Gasteiger partial charge in [-0.05, 0) is 68.5 Å². The summed E-state index contributed by atoms with van der Waals surface area (Å²) >= 11 is 6.26. The summed E-state index contributed by atoms with van der Waals surface area (Å²) in [5.41, 5.74) is 5.87. The van der Waals surface area contributed by atoms with Crippen LogP contribution in [0.2, 0.25) is 5.02 Å². The van der Waals surface area contributed by atoms with Crippen molar-refractivity contribution < 1.29 is 76.3 Å². The van der Waals surface area contributed by atoms with E-state index in [0.29, 0.717) is 17.7 Å². The van der Waals surface area contributed by atoms with Crippen LogP contribution in [0.5, 0.6) is 5.75 Å². The highest BCUT2D eigenvalue weighted by Gasteiger charge is 2.44. The summed E-state index contributed by atoms with van der Waals surface area (Å²) < 4.78 is 38.0. The first-order valence-electron chi connectivity index (χ1n) is 23.9. The predicted octanol–water partition coefficient (Wildman–Crippen LogP) is 3.69. The summed E-state index contributed by atoms with van der Waals surface area (Å²) in [7, 11) is 0. The number of halogens is 1. The average molecular weight is 1050 g/mol. The molecule has 2 aromatic carbocycles. The van der Waals surface area contributed by atoms with Crippen molar-refractivity contribution in [3.8, 4) is 11.8 Å². The molecule has 0 aliphatic carbocycles. The minimum atomic E-state index is -1.57. The number of carbonyl (C=O) groups excluding carboxylic acids is 9. The molecular formula is C50H62ClN7O16. The van der Waals surface area contributed by atoms with Gasteiger partial charge in [0.15, 0.2) is 11.7 Å². The smallest absolute Gasteiger partial charge is 0.414 e. The Kier molecular flexibility index (Phi) is 24.5. The van der Waals surface area contributed by atoms with Crippen LogP contribution in [0.4, 0.5) is 15.3 Å². The van der Waals surface area contributed by atoms with Crippen molar-refractivity contribution in [2.24, 2.45) is 23.5 Å². The lowest BCUT2D eigenvalue weighted by molar-refractivity contribution is -0.147. The van der Waals surface area contributed by atoms with E-state index in [9.17, 15) is 48.4 Å². The van der Waals surface area contributed by atoms with E-state index in [1.807, 2.05) is 6.07 Å². The molecule has 2 aliphatic rings. The molecule has 0 aromatic heterocycles. The van der Waals surface area contributed by atoms with Crippen LogP contribution in [0, 0.1) is 29.1 Å². The maximum absolute atomic E-state index is 13.7. The Morgan fingerprint density at radius 3 is 2.12 bits per heavy atom. The molecular weight excluding hydrogens is 990 g/mol. The van der Waals surface area contributed by atoms with Gasteiger partial charge in [0.2, 0.25) is 17.7 Å². The second-order valence-electron chi connectivity index (χ2n) is 16.8. The third-order valence-electron chi connectivity index (χ3n) is 11.1. The molecule has 400 valence electrons. The zero-order valence-electron chi connectivity index (χ0n) is 41.6. The number of nitrogens with one attached hydrogen (secondary N) is 4. The molecule has 2 heterocycles. The topological polar surface area (TPSA) is 319 Å². The summed E-state index contributed by atoms with van der Waals surface area (Å²) in [5, 5.41) is 20.8. The number of hydrogen-bond acceptors (Lipinski definition) is 17. The van der Waals surface area contributed by atoms with Gasteiger partial charge in [0.25, 0.3) is 11.8 Å². The van der Waals surface area contributed by atoms with E-state index in [4.69, 9.17) is 50.5 Å². The molecule has 0 saturated carbocycles. The first-order chi connectivity index (χ1) is 35.5. The summed E-state index contributed by atoms with van der Waals surface area (Å²) in [5.74, 6) is -8.45. The molecule has 2 unspecified atom stereocenters. The number of ketones is 1. The molecule has 0 radical (unpaired) electrons. The number of nitrogens with zero attached hydrogens (tertiary/aromatic N) is 2. The van der Waals surface area contributed by atoms with Crippen molar-refractivity contribution in [1.82, 2.24) is 20.9 Å². The minimum Gasteiger partial charge on any atom is -0.465 e. The van der Waals surface area contributed by atoms with Gasteiger partial charge in [0.05, 0.1) is 77.4 Å². The Morgan fingerprint density at radius 1 is 0.851 bits per heavy atom. The van der Waals surface area contributed by atoms with Gasteiger partial charge in [-0.3, -0.25) is 39.0 Å². The standard InChI is InChI=1S/C50H62ClN7O16/c1-5-71-47(64)36(28-52)42-35-27-33(51)11-14-38(35)74-46(43(42)48(65)72-6-2)57-50(67)73-29-31-9-12-34(13-10-31)55-45(63)32(8-7-18-54-49(53)66)26-37(59)44(30(3)4)56-39(60)17-20-68-22-24-70-25-23-69-21-19-58-40(61)15-16-41(58)62/h9-16,27,30,32,36,42,44H,5-8,17-26,29H2,1-4H3,(H,55,63)(H,56,60)(H,57,67)(H3,53,54,66)/t32-,36?,42?,44+/m1/s1. The number of anilines is 1. The number of urea groups is 1. The van der Waals surface area contributed by atoms with Crippen LogP contribution in [0.3, 0.4) is 0 Å². The Bertz CT molecular complexity index is 2420. The van der Waals surface area contributed by atoms with Crippen molar-refractivity contribution in [2.75, 3.05) is 71.3 Å². The second-order valence-corrected chi connectivity index (χ2v) is 17.2. The molecule has 0 bridgehead atoms. The van der Waals surface area contributed by atoms with E-state index in [0.717, 1.165) is 4.90 Å². The van der Waals surface area contributed by atoms with Gasteiger partial charge in [0.1, 0.15) is 17.9 Å². The number of nitrogens with two attached hydrogens (primary N) is 1. The second kappa shape index (κ2) is 30.6.